The molecule has 31 heavy (non-hydrogen) atoms. The summed E-state index contributed by atoms with van der Waals surface area (Å²) < 4.78 is 11.0. The van der Waals surface area contributed by atoms with E-state index in [0.29, 0.717) is 11.5 Å². The molecule has 0 aliphatic rings. The van der Waals surface area contributed by atoms with Crippen molar-refractivity contribution in [2.45, 2.75) is 92.9 Å². The van der Waals surface area contributed by atoms with Gasteiger partial charge in [-0.2, -0.15) is 0 Å². The van der Waals surface area contributed by atoms with Crippen LogP contribution >= 0.6 is 0 Å². The first-order valence-corrected chi connectivity index (χ1v) is 11.2. The van der Waals surface area contributed by atoms with E-state index in [2.05, 4.69) is 75.8 Å². The van der Waals surface area contributed by atoms with Gasteiger partial charge in [0, 0.05) is 17.2 Å². The molecule has 0 heterocycles. The molecule has 0 radical (unpaired) electrons. The van der Waals surface area contributed by atoms with Crippen LogP contribution in [0.2, 0.25) is 0 Å². The number of phenols is 1. The molecule has 0 fully saturated rings. The second-order valence-electron chi connectivity index (χ2n) is 12.3. The van der Waals surface area contributed by atoms with Gasteiger partial charge in [-0.25, -0.2) is 4.79 Å². The zero-order chi connectivity index (χ0) is 24.3. The topological polar surface area (TPSA) is 55.8 Å². The van der Waals surface area contributed by atoms with E-state index >= 15 is 0 Å². The SMILES string of the molecule is C=CC(=O)OCCOc1cc(C(C)(C)CC(C)(C)C)c(O)c(C(C)(C)CC(C)(C)C)c1. The lowest BCUT2D eigenvalue weighted by molar-refractivity contribution is -0.138. The zero-order valence-corrected chi connectivity index (χ0v) is 21.4. The highest BCUT2D eigenvalue weighted by Crippen LogP contribution is 2.48. The summed E-state index contributed by atoms with van der Waals surface area (Å²) in [5.74, 6) is 0.573. The molecule has 4 heteroatoms. The van der Waals surface area contributed by atoms with Crippen LogP contribution in [-0.4, -0.2) is 24.3 Å². The third-order valence-corrected chi connectivity index (χ3v) is 5.25. The molecule has 0 aliphatic heterocycles. The molecule has 0 saturated heterocycles. The highest BCUT2D eigenvalue weighted by atomic mass is 16.6. The quantitative estimate of drug-likeness (QED) is 0.261. The van der Waals surface area contributed by atoms with Gasteiger partial charge in [-0.3, -0.25) is 0 Å². The van der Waals surface area contributed by atoms with Crippen LogP contribution in [0.3, 0.4) is 0 Å². The summed E-state index contributed by atoms with van der Waals surface area (Å²) in [6.45, 7) is 25.7. The molecule has 0 atom stereocenters. The van der Waals surface area contributed by atoms with Crippen LogP contribution in [0.4, 0.5) is 0 Å². The summed E-state index contributed by atoms with van der Waals surface area (Å²) in [4.78, 5) is 11.3. The molecular formula is C27H44O4. The minimum atomic E-state index is -0.465. The minimum Gasteiger partial charge on any atom is -0.507 e. The Bertz CT molecular complexity index is 724. The Labute approximate surface area is 190 Å². The van der Waals surface area contributed by atoms with Crippen LogP contribution < -0.4 is 4.74 Å². The predicted octanol–water partition coefficient (Wildman–Crippen LogP) is 6.93. The monoisotopic (exact) mass is 432 g/mol. The molecule has 0 aliphatic carbocycles. The third kappa shape index (κ3) is 8.59. The minimum absolute atomic E-state index is 0.104. The molecular weight excluding hydrogens is 388 g/mol. The summed E-state index contributed by atoms with van der Waals surface area (Å²) in [5.41, 5.74) is 1.49. The normalized spacial score (nSPS) is 13.1. The van der Waals surface area contributed by atoms with Crippen LogP contribution in [-0.2, 0) is 20.4 Å². The van der Waals surface area contributed by atoms with Crippen molar-refractivity contribution in [1.29, 1.82) is 0 Å². The van der Waals surface area contributed by atoms with Crippen LogP contribution in [0.1, 0.15) is 93.2 Å². The van der Waals surface area contributed by atoms with Crippen LogP contribution in [0.25, 0.3) is 0 Å². The maximum absolute atomic E-state index is 11.4. The molecule has 0 amide bonds. The van der Waals surface area contributed by atoms with E-state index in [1.807, 2.05) is 12.1 Å². The Balaban J connectivity index is 3.41. The van der Waals surface area contributed by atoms with E-state index in [4.69, 9.17) is 9.47 Å². The van der Waals surface area contributed by atoms with Crippen molar-refractivity contribution in [3.8, 4) is 11.5 Å². The highest BCUT2D eigenvalue weighted by molar-refractivity contribution is 5.81. The largest absolute Gasteiger partial charge is 0.507 e. The lowest BCUT2D eigenvalue weighted by Gasteiger charge is -2.37. The van der Waals surface area contributed by atoms with Gasteiger partial charge in [0.05, 0.1) is 0 Å². The van der Waals surface area contributed by atoms with Gasteiger partial charge in [-0.05, 0) is 46.6 Å². The van der Waals surface area contributed by atoms with E-state index < -0.39 is 5.97 Å². The number of rotatable bonds is 9. The summed E-state index contributed by atoms with van der Waals surface area (Å²) in [5, 5.41) is 11.4. The first-order chi connectivity index (χ1) is 13.9. The Morgan fingerprint density at radius 2 is 1.29 bits per heavy atom. The fourth-order valence-corrected chi connectivity index (χ4v) is 4.93. The number of carbonyl (C=O) groups is 1. The number of hydrogen-bond acceptors (Lipinski definition) is 4. The average molecular weight is 433 g/mol. The standard InChI is InChI=1S/C27H44O4/c1-12-22(28)31-14-13-30-19-15-20(26(8,9)17-24(2,3)4)23(29)21(16-19)27(10,11)18-25(5,6)7/h12,15-16,29H,1,13-14,17-18H2,2-11H3. The van der Waals surface area contributed by atoms with Crippen LogP contribution in [0.5, 0.6) is 11.5 Å². The molecule has 4 nitrogen and oxygen atoms in total. The molecule has 1 aromatic rings. The maximum Gasteiger partial charge on any atom is 0.330 e. The van der Waals surface area contributed by atoms with Gasteiger partial charge in [0.25, 0.3) is 0 Å². The number of benzene rings is 1. The molecule has 1 N–H and O–H groups in total. The number of hydrogen-bond donors (Lipinski definition) is 1. The molecule has 1 rings (SSSR count). The van der Waals surface area contributed by atoms with Gasteiger partial charge in [-0.1, -0.05) is 75.8 Å². The highest BCUT2D eigenvalue weighted by Gasteiger charge is 2.35. The van der Waals surface area contributed by atoms with Crippen LogP contribution in [0.15, 0.2) is 24.8 Å². The van der Waals surface area contributed by atoms with Crippen molar-refractivity contribution in [3.05, 3.63) is 35.9 Å². The molecule has 1 aromatic carbocycles. The average Bonchev–Trinajstić information content (AvgIpc) is 2.54. The molecule has 0 aromatic heterocycles. The van der Waals surface area contributed by atoms with Crippen molar-refractivity contribution in [3.63, 3.8) is 0 Å². The molecule has 0 bridgehead atoms. The first-order valence-electron chi connectivity index (χ1n) is 11.2. The van der Waals surface area contributed by atoms with E-state index in [9.17, 15) is 9.90 Å². The fraction of sp³-hybridized carbons (Fsp3) is 0.667. The predicted molar refractivity (Wildman–Crippen MR) is 129 cm³/mol. The number of aromatic hydroxyl groups is 1. The third-order valence-electron chi connectivity index (χ3n) is 5.25. The van der Waals surface area contributed by atoms with E-state index in [1.54, 1.807) is 0 Å². The Kier molecular flexibility index (Phi) is 8.44. The van der Waals surface area contributed by atoms with Crippen molar-refractivity contribution in [2.24, 2.45) is 10.8 Å². The molecule has 0 spiro atoms. The van der Waals surface area contributed by atoms with Gasteiger partial charge in [0.1, 0.15) is 24.7 Å². The van der Waals surface area contributed by atoms with Gasteiger partial charge in [-0.15, -0.1) is 0 Å². The van der Waals surface area contributed by atoms with Gasteiger partial charge in [0.2, 0.25) is 0 Å². The van der Waals surface area contributed by atoms with Crippen molar-refractivity contribution < 1.29 is 19.4 Å². The van der Waals surface area contributed by atoms with Crippen molar-refractivity contribution in [2.75, 3.05) is 13.2 Å². The first kappa shape index (κ1) is 27.1. The van der Waals surface area contributed by atoms with Crippen LogP contribution in [0, 0.1) is 10.8 Å². The summed E-state index contributed by atoms with van der Waals surface area (Å²) in [6, 6.07) is 3.88. The van der Waals surface area contributed by atoms with E-state index in [1.165, 1.54) is 0 Å². The number of carbonyl (C=O) groups excluding carboxylic acids is 1. The van der Waals surface area contributed by atoms with Gasteiger partial charge < -0.3 is 14.6 Å². The Morgan fingerprint density at radius 3 is 1.65 bits per heavy atom. The van der Waals surface area contributed by atoms with E-state index in [0.717, 1.165) is 30.0 Å². The van der Waals surface area contributed by atoms with Gasteiger partial charge in [0.15, 0.2) is 0 Å². The lowest BCUT2D eigenvalue weighted by Crippen LogP contribution is -2.28. The number of esters is 1. The summed E-state index contributed by atoms with van der Waals surface area (Å²) in [6.07, 6.45) is 2.96. The molecule has 0 saturated carbocycles. The Morgan fingerprint density at radius 1 is 0.871 bits per heavy atom. The maximum atomic E-state index is 11.4. The van der Waals surface area contributed by atoms with Crippen molar-refractivity contribution >= 4 is 5.97 Å². The fourth-order valence-electron chi connectivity index (χ4n) is 4.93. The molecule has 176 valence electrons. The van der Waals surface area contributed by atoms with Gasteiger partial charge >= 0.3 is 5.97 Å². The molecule has 0 unspecified atom stereocenters. The second kappa shape index (κ2) is 9.67. The lowest BCUT2D eigenvalue weighted by atomic mass is 9.68. The zero-order valence-electron chi connectivity index (χ0n) is 21.4. The van der Waals surface area contributed by atoms with E-state index in [-0.39, 0.29) is 34.9 Å². The second-order valence-corrected chi connectivity index (χ2v) is 12.3. The Hall–Kier alpha value is -1.97. The van der Waals surface area contributed by atoms with Crippen molar-refractivity contribution in [1.82, 2.24) is 0 Å². The smallest absolute Gasteiger partial charge is 0.330 e. The summed E-state index contributed by atoms with van der Waals surface area (Å²) in [7, 11) is 0. The number of phenolic OH excluding ortho intramolecular Hbond substituents is 1. The summed E-state index contributed by atoms with van der Waals surface area (Å²) >= 11 is 0. The number of ether oxygens (including phenoxy) is 2.